The number of amides is 5. The third-order valence-corrected chi connectivity index (χ3v) is 9.75. The van der Waals surface area contributed by atoms with Gasteiger partial charge in [0.15, 0.2) is 5.11 Å². The van der Waals surface area contributed by atoms with Crippen molar-refractivity contribution in [2.45, 2.75) is 51.1 Å². The molecule has 0 saturated carbocycles. The zero-order valence-corrected chi connectivity index (χ0v) is 31.1. The number of nitrogens with one attached hydrogen (secondary N) is 2. The summed E-state index contributed by atoms with van der Waals surface area (Å²) in [7, 11) is 0. The molecule has 0 aromatic heterocycles. The lowest BCUT2D eigenvalue weighted by Crippen LogP contribution is -2.54. The van der Waals surface area contributed by atoms with Crippen LogP contribution in [0.4, 0.5) is 27.1 Å². The minimum Gasteiger partial charge on any atom is -0.494 e. The molecule has 0 radical (unpaired) electrons. The topological polar surface area (TPSA) is 151 Å². The molecule has 2 saturated heterocycles. The SMILES string of the molecule is [C-]#[N+]c1ccc(N2C(=O)C(C)(C)N(c3ccc(OCCCOCCCOCCNc4cccc5c4C(=O)N(C4CCC(=O)NC4=O)C5=O)cc3)C2=S)cc1F. The number of fused-ring (bicyclic) bond motifs is 1. The summed E-state index contributed by atoms with van der Waals surface area (Å²) in [6, 6.07) is 15.0. The molecule has 0 bridgehead atoms. The second kappa shape index (κ2) is 16.7. The van der Waals surface area contributed by atoms with Gasteiger partial charge in [0.25, 0.3) is 17.7 Å². The maximum Gasteiger partial charge on any atom is 0.264 e. The fourth-order valence-corrected chi connectivity index (χ4v) is 7.13. The summed E-state index contributed by atoms with van der Waals surface area (Å²) < 4.78 is 31.6. The smallest absolute Gasteiger partial charge is 0.264 e. The van der Waals surface area contributed by atoms with E-state index in [9.17, 15) is 28.4 Å². The van der Waals surface area contributed by atoms with Crippen molar-refractivity contribution in [2.75, 3.05) is 54.7 Å². The molecule has 16 heteroatoms. The van der Waals surface area contributed by atoms with Crippen LogP contribution in [0.2, 0.25) is 0 Å². The van der Waals surface area contributed by atoms with Gasteiger partial charge in [0.2, 0.25) is 17.5 Å². The van der Waals surface area contributed by atoms with Crippen LogP contribution in [0.3, 0.4) is 0 Å². The van der Waals surface area contributed by atoms with E-state index in [2.05, 4.69) is 15.5 Å². The zero-order chi connectivity index (χ0) is 39.3. The lowest BCUT2D eigenvalue weighted by molar-refractivity contribution is -0.136. The van der Waals surface area contributed by atoms with Gasteiger partial charge in [-0.15, -0.1) is 0 Å². The minimum atomic E-state index is -1.04. The van der Waals surface area contributed by atoms with Gasteiger partial charge in [0.05, 0.1) is 36.6 Å². The number of benzene rings is 3. The molecular formula is C39H39FN6O8S. The van der Waals surface area contributed by atoms with Crippen molar-refractivity contribution in [3.8, 4) is 5.75 Å². The van der Waals surface area contributed by atoms with Gasteiger partial charge in [0.1, 0.15) is 23.1 Å². The Hall–Kier alpha value is -5.76. The third-order valence-electron chi connectivity index (χ3n) is 9.38. The van der Waals surface area contributed by atoms with Crippen LogP contribution in [0.25, 0.3) is 4.85 Å². The summed E-state index contributed by atoms with van der Waals surface area (Å²) in [5, 5.41) is 5.54. The predicted octanol–water partition coefficient (Wildman–Crippen LogP) is 5.00. The van der Waals surface area contributed by atoms with Crippen LogP contribution in [-0.2, 0) is 23.9 Å². The van der Waals surface area contributed by atoms with E-state index in [1.54, 1.807) is 61.2 Å². The summed E-state index contributed by atoms with van der Waals surface area (Å²) >= 11 is 5.67. The van der Waals surface area contributed by atoms with Crippen molar-refractivity contribution in [1.82, 2.24) is 10.2 Å². The normalized spacial score (nSPS) is 17.8. The molecule has 3 aromatic rings. The molecule has 5 amide bonds. The maximum atomic E-state index is 14.4. The summed E-state index contributed by atoms with van der Waals surface area (Å²) in [5.74, 6) is -2.61. The molecule has 286 valence electrons. The van der Waals surface area contributed by atoms with Crippen LogP contribution in [0.1, 0.15) is 60.2 Å². The molecule has 3 aliphatic heterocycles. The highest BCUT2D eigenvalue weighted by atomic mass is 32.1. The number of hydrogen-bond acceptors (Lipinski definition) is 10. The average molecular weight is 771 g/mol. The molecule has 2 fully saturated rings. The van der Waals surface area contributed by atoms with Crippen molar-refractivity contribution in [2.24, 2.45) is 0 Å². The van der Waals surface area contributed by atoms with Crippen LogP contribution >= 0.6 is 12.2 Å². The average Bonchev–Trinajstić information content (AvgIpc) is 3.52. The van der Waals surface area contributed by atoms with Crippen LogP contribution in [0, 0.1) is 12.4 Å². The summed E-state index contributed by atoms with van der Waals surface area (Å²) in [5.41, 5.74) is 0.644. The van der Waals surface area contributed by atoms with Crippen molar-refractivity contribution < 1.29 is 42.6 Å². The second-order valence-corrected chi connectivity index (χ2v) is 13.8. The number of carbonyl (C=O) groups is 5. The number of carbonyl (C=O) groups excluding carboxylic acids is 5. The van der Waals surface area contributed by atoms with Gasteiger partial charge in [-0.2, -0.15) is 0 Å². The highest BCUT2D eigenvalue weighted by Gasteiger charge is 2.50. The van der Waals surface area contributed by atoms with E-state index >= 15 is 0 Å². The third kappa shape index (κ3) is 8.04. The lowest BCUT2D eigenvalue weighted by atomic mass is 10.0. The van der Waals surface area contributed by atoms with E-state index in [4.69, 9.17) is 33.0 Å². The number of anilines is 3. The Morgan fingerprint density at radius 1 is 0.927 bits per heavy atom. The van der Waals surface area contributed by atoms with E-state index < -0.39 is 41.0 Å². The minimum absolute atomic E-state index is 0.0553. The first-order valence-corrected chi connectivity index (χ1v) is 18.2. The standard InChI is InChI=1S/C39H39FN6O8S/c1-39(2)37(51)44(25-11-14-29(41-3)28(40)23-25)38(55)46(39)24-9-12-26(13-10-24)54-21-6-20-52-18-5-19-53-22-17-42-30-8-4-7-27-33(30)36(50)45(35(27)49)31-15-16-32(47)43-34(31)48/h4,7-14,23,31,42H,5-6,15-22H2,1-2H3,(H,43,47,48). The number of ether oxygens (including phenoxy) is 3. The molecule has 55 heavy (non-hydrogen) atoms. The van der Waals surface area contributed by atoms with E-state index in [0.29, 0.717) is 69.5 Å². The largest absolute Gasteiger partial charge is 0.494 e. The molecule has 3 aromatic carbocycles. The number of halogens is 1. The predicted molar refractivity (Wildman–Crippen MR) is 204 cm³/mol. The molecule has 2 N–H and O–H groups in total. The van der Waals surface area contributed by atoms with E-state index in [-0.39, 0.29) is 46.4 Å². The fourth-order valence-electron chi connectivity index (χ4n) is 6.61. The zero-order valence-electron chi connectivity index (χ0n) is 30.3. The Kier molecular flexibility index (Phi) is 11.8. The Bertz CT molecular complexity index is 2070. The lowest BCUT2D eigenvalue weighted by Gasteiger charge is -2.29. The van der Waals surface area contributed by atoms with Gasteiger partial charge < -0.3 is 24.4 Å². The van der Waals surface area contributed by atoms with Crippen molar-refractivity contribution in [3.05, 3.63) is 89.0 Å². The monoisotopic (exact) mass is 770 g/mol. The van der Waals surface area contributed by atoms with Gasteiger partial charge in [-0.05, 0) is 87.4 Å². The molecule has 0 aliphatic carbocycles. The summed E-state index contributed by atoms with van der Waals surface area (Å²) in [6.07, 6.45) is 1.48. The van der Waals surface area contributed by atoms with Gasteiger partial charge in [-0.25, -0.2) is 9.24 Å². The first-order chi connectivity index (χ1) is 26.4. The molecule has 14 nitrogen and oxygen atoms in total. The van der Waals surface area contributed by atoms with Crippen molar-refractivity contribution in [1.29, 1.82) is 0 Å². The van der Waals surface area contributed by atoms with E-state index in [0.717, 1.165) is 11.0 Å². The number of imide groups is 2. The van der Waals surface area contributed by atoms with Crippen LogP contribution in [0.5, 0.6) is 5.75 Å². The van der Waals surface area contributed by atoms with E-state index in [1.807, 2.05) is 0 Å². The Balaban J connectivity index is 0.860. The molecule has 0 spiro atoms. The molecule has 6 rings (SSSR count). The maximum absolute atomic E-state index is 14.4. The first-order valence-electron chi connectivity index (χ1n) is 17.8. The first kappa shape index (κ1) is 38.9. The molecule has 3 heterocycles. The van der Waals surface area contributed by atoms with E-state index in [1.165, 1.54) is 17.0 Å². The fraction of sp³-hybridized carbons (Fsp3) is 0.359. The molecule has 3 aliphatic rings. The van der Waals surface area contributed by atoms with Gasteiger partial charge in [-0.3, -0.25) is 39.1 Å². The van der Waals surface area contributed by atoms with Crippen LogP contribution in [-0.4, -0.2) is 90.7 Å². The van der Waals surface area contributed by atoms with Gasteiger partial charge in [-0.1, -0.05) is 12.1 Å². The number of thiocarbonyl (C=S) groups is 1. The van der Waals surface area contributed by atoms with Gasteiger partial charge in [0, 0.05) is 50.6 Å². The molecule has 1 atom stereocenters. The molecule has 1 unspecified atom stereocenters. The van der Waals surface area contributed by atoms with Gasteiger partial charge >= 0.3 is 0 Å². The van der Waals surface area contributed by atoms with Crippen LogP contribution < -0.4 is 25.2 Å². The Morgan fingerprint density at radius 2 is 1.62 bits per heavy atom. The van der Waals surface area contributed by atoms with Crippen molar-refractivity contribution >= 4 is 69.6 Å². The number of nitrogens with zero attached hydrogens (tertiary/aromatic N) is 4. The Morgan fingerprint density at radius 3 is 2.31 bits per heavy atom. The highest BCUT2D eigenvalue weighted by molar-refractivity contribution is 7.81. The molecular weight excluding hydrogens is 732 g/mol. The second-order valence-electron chi connectivity index (χ2n) is 13.4. The summed E-state index contributed by atoms with van der Waals surface area (Å²) in [4.78, 5) is 70.5. The van der Waals surface area contributed by atoms with Crippen LogP contribution in [0.15, 0.2) is 60.7 Å². The number of rotatable bonds is 16. The Labute approximate surface area is 322 Å². The number of hydrogen-bond donors (Lipinski definition) is 2. The highest BCUT2D eigenvalue weighted by Crippen LogP contribution is 2.38. The quantitative estimate of drug-likeness (QED) is 0.0877. The summed E-state index contributed by atoms with van der Waals surface area (Å²) in [6.45, 7) is 13.2. The number of piperidine rings is 1. The van der Waals surface area contributed by atoms with Crippen molar-refractivity contribution in [3.63, 3.8) is 0 Å².